The second-order valence-electron chi connectivity index (χ2n) is 3.82. The predicted molar refractivity (Wildman–Crippen MR) is 61.8 cm³/mol. The summed E-state index contributed by atoms with van der Waals surface area (Å²) in [6.45, 7) is 0. The minimum Gasteiger partial charge on any atom is -0.376 e. The van der Waals surface area contributed by atoms with Gasteiger partial charge < -0.3 is 11.1 Å². The summed E-state index contributed by atoms with van der Waals surface area (Å²) in [4.78, 5) is 8.13. The molecule has 1 atom stereocenters. The topological polar surface area (TPSA) is 63.8 Å². The first-order chi connectivity index (χ1) is 7.83. The zero-order valence-corrected chi connectivity index (χ0v) is 8.64. The van der Waals surface area contributed by atoms with Crippen molar-refractivity contribution in [2.75, 3.05) is 11.1 Å². The number of aromatic nitrogens is 2. The van der Waals surface area contributed by atoms with E-state index in [-0.39, 0.29) is 6.04 Å². The molecule has 0 amide bonds. The molecule has 3 N–H and O–H groups in total. The lowest BCUT2D eigenvalue weighted by Gasteiger charge is -2.10. The molecule has 1 aliphatic heterocycles. The van der Waals surface area contributed by atoms with E-state index in [1.807, 2.05) is 18.2 Å². The molecule has 4 nitrogen and oxygen atoms in total. The standard InChI is InChI=1S/C12H11N4/c13-12-14-6-5-10(16-12)11-7-8-3-1-2-4-9(8)15-11/h1,3-6,11,15H,7H2,(H2,13,14,16). The van der Waals surface area contributed by atoms with Crippen LogP contribution in [0.1, 0.15) is 17.3 Å². The van der Waals surface area contributed by atoms with E-state index in [1.54, 1.807) is 6.20 Å². The molecular formula is C12H11N4. The van der Waals surface area contributed by atoms with Crippen LogP contribution in [0.5, 0.6) is 0 Å². The molecule has 2 heterocycles. The van der Waals surface area contributed by atoms with Gasteiger partial charge in [-0.1, -0.05) is 12.1 Å². The Balaban J connectivity index is 1.91. The molecular weight excluding hydrogens is 200 g/mol. The number of anilines is 2. The SMILES string of the molecule is Nc1nccc(C2Cc3cc[c]cc3N2)n1. The molecule has 0 spiro atoms. The quantitative estimate of drug-likeness (QED) is 0.751. The Kier molecular flexibility index (Phi) is 1.99. The van der Waals surface area contributed by atoms with Crippen LogP contribution in [0.3, 0.4) is 0 Å². The smallest absolute Gasteiger partial charge is 0.220 e. The van der Waals surface area contributed by atoms with Crippen LogP contribution in [0.15, 0.2) is 30.5 Å². The van der Waals surface area contributed by atoms with E-state index in [2.05, 4.69) is 27.4 Å². The fraction of sp³-hybridized carbons (Fsp3) is 0.167. The van der Waals surface area contributed by atoms with E-state index in [0.29, 0.717) is 5.95 Å². The maximum atomic E-state index is 5.58. The Morgan fingerprint density at radius 2 is 2.38 bits per heavy atom. The third-order valence-electron chi connectivity index (χ3n) is 2.76. The Labute approximate surface area is 93.5 Å². The van der Waals surface area contributed by atoms with E-state index < -0.39 is 0 Å². The van der Waals surface area contributed by atoms with E-state index in [9.17, 15) is 0 Å². The third kappa shape index (κ3) is 1.48. The van der Waals surface area contributed by atoms with Crippen molar-refractivity contribution in [1.82, 2.24) is 9.97 Å². The number of hydrogen-bond acceptors (Lipinski definition) is 4. The number of nitrogen functional groups attached to an aromatic ring is 1. The van der Waals surface area contributed by atoms with Crippen molar-refractivity contribution < 1.29 is 0 Å². The van der Waals surface area contributed by atoms with Gasteiger partial charge in [0.15, 0.2) is 0 Å². The van der Waals surface area contributed by atoms with Crippen LogP contribution in [-0.4, -0.2) is 9.97 Å². The van der Waals surface area contributed by atoms with Crippen LogP contribution in [0.25, 0.3) is 0 Å². The van der Waals surface area contributed by atoms with Crippen LogP contribution in [-0.2, 0) is 6.42 Å². The molecule has 2 aromatic rings. The minimum atomic E-state index is 0.191. The summed E-state index contributed by atoms with van der Waals surface area (Å²) >= 11 is 0. The molecule has 0 saturated heterocycles. The highest BCUT2D eigenvalue weighted by Crippen LogP contribution is 2.32. The average molecular weight is 211 g/mol. The molecule has 0 aliphatic carbocycles. The van der Waals surface area contributed by atoms with Gasteiger partial charge in [-0.3, -0.25) is 0 Å². The molecule has 0 saturated carbocycles. The highest BCUT2D eigenvalue weighted by molar-refractivity contribution is 5.57. The van der Waals surface area contributed by atoms with Crippen LogP contribution in [0.2, 0.25) is 0 Å². The van der Waals surface area contributed by atoms with Gasteiger partial charge in [-0.2, -0.15) is 0 Å². The highest BCUT2D eigenvalue weighted by Gasteiger charge is 2.22. The van der Waals surface area contributed by atoms with E-state index in [4.69, 9.17) is 5.73 Å². The Hall–Kier alpha value is -2.10. The number of benzene rings is 1. The Bertz CT molecular complexity index is 499. The maximum Gasteiger partial charge on any atom is 0.220 e. The third-order valence-corrected chi connectivity index (χ3v) is 2.76. The summed E-state index contributed by atoms with van der Waals surface area (Å²) in [6.07, 6.45) is 2.62. The van der Waals surface area contributed by atoms with Crippen LogP contribution in [0.4, 0.5) is 11.6 Å². The number of nitrogens with zero attached hydrogens (tertiary/aromatic N) is 2. The lowest BCUT2D eigenvalue weighted by molar-refractivity contribution is 0.785. The molecule has 1 aliphatic rings. The van der Waals surface area contributed by atoms with Crippen molar-refractivity contribution >= 4 is 11.6 Å². The highest BCUT2D eigenvalue weighted by atomic mass is 15.0. The molecule has 1 unspecified atom stereocenters. The molecule has 4 heteroatoms. The summed E-state index contributed by atoms with van der Waals surface area (Å²) in [5.74, 6) is 0.321. The van der Waals surface area contributed by atoms with E-state index in [1.165, 1.54) is 5.56 Å². The van der Waals surface area contributed by atoms with Crippen molar-refractivity contribution in [3.05, 3.63) is 47.8 Å². The summed E-state index contributed by atoms with van der Waals surface area (Å²) in [5, 5.41) is 3.40. The normalized spacial score (nSPS) is 17.9. The van der Waals surface area contributed by atoms with Crippen LogP contribution < -0.4 is 11.1 Å². The lowest BCUT2D eigenvalue weighted by Crippen LogP contribution is -2.09. The second kappa shape index (κ2) is 3.48. The molecule has 1 radical (unpaired) electrons. The molecule has 1 aromatic heterocycles. The first-order valence-corrected chi connectivity index (χ1v) is 5.17. The summed E-state index contributed by atoms with van der Waals surface area (Å²) in [7, 11) is 0. The fourth-order valence-corrected chi connectivity index (χ4v) is 1.99. The Morgan fingerprint density at radius 1 is 1.44 bits per heavy atom. The monoisotopic (exact) mass is 211 g/mol. The number of nitrogens with one attached hydrogen (secondary N) is 1. The predicted octanol–water partition coefficient (Wildman–Crippen LogP) is 1.57. The average Bonchev–Trinajstić information content (AvgIpc) is 2.72. The van der Waals surface area contributed by atoms with Gasteiger partial charge >= 0.3 is 0 Å². The van der Waals surface area contributed by atoms with Gasteiger partial charge in [0, 0.05) is 18.3 Å². The van der Waals surface area contributed by atoms with Crippen molar-refractivity contribution in [2.24, 2.45) is 0 Å². The molecule has 3 rings (SSSR count). The van der Waals surface area contributed by atoms with Gasteiger partial charge in [0.1, 0.15) is 0 Å². The fourth-order valence-electron chi connectivity index (χ4n) is 1.99. The Morgan fingerprint density at radius 3 is 3.19 bits per heavy atom. The first kappa shape index (κ1) is 9.15. The number of rotatable bonds is 1. The van der Waals surface area contributed by atoms with Crippen molar-refractivity contribution in [3.63, 3.8) is 0 Å². The summed E-state index contributed by atoms with van der Waals surface area (Å²) in [6, 6.07) is 11.1. The molecule has 16 heavy (non-hydrogen) atoms. The largest absolute Gasteiger partial charge is 0.376 e. The molecule has 1 aromatic carbocycles. The maximum absolute atomic E-state index is 5.58. The zero-order chi connectivity index (χ0) is 11.0. The summed E-state index contributed by atoms with van der Waals surface area (Å²) < 4.78 is 0. The number of fused-ring (bicyclic) bond motifs is 1. The minimum absolute atomic E-state index is 0.191. The van der Waals surface area contributed by atoms with Gasteiger partial charge in [-0.05, 0) is 23.8 Å². The van der Waals surface area contributed by atoms with Crippen molar-refractivity contribution in [2.45, 2.75) is 12.5 Å². The van der Waals surface area contributed by atoms with Crippen molar-refractivity contribution in [1.29, 1.82) is 0 Å². The number of hydrogen-bond donors (Lipinski definition) is 2. The van der Waals surface area contributed by atoms with Gasteiger partial charge in [-0.25, -0.2) is 9.97 Å². The van der Waals surface area contributed by atoms with Gasteiger partial charge in [0.05, 0.1) is 11.7 Å². The molecule has 0 bridgehead atoms. The lowest BCUT2D eigenvalue weighted by atomic mass is 10.1. The van der Waals surface area contributed by atoms with Gasteiger partial charge in [0.2, 0.25) is 5.95 Å². The van der Waals surface area contributed by atoms with E-state index in [0.717, 1.165) is 17.8 Å². The van der Waals surface area contributed by atoms with Gasteiger partial charge in [-0.15, -0.1) is 0 Å². The first-order valence-electron chi connectivity index (χ1n) is 5.17. The van der Waals surface area contributed by atoms with Gasteiger partial charge in [0.25, 0.3) is 0 Å². The van der Waals surface area contributed by atoms with Crippen LogP contribution >= 0.6 is 0 Å². The molecule has 79 valence electrons. The zero-order valence-electron chi connectivity index (χ0n) is 8.64. The second-order valence-corrected chi connectivity index (χ2v) is 3.82. The van der Waals surface area contributed by atoms with Crippen LogP contribution in [0, 0.1) is 6.07 Å². The molecule has 0 fully saturated rings. The summed E-state index contributed by atoms with van der Waals surface area (Å²) in [5.41, 5.74) is 8.93. The van der Waals surface area contributed by atoms with Crippen molar-refractivity contribution in [3.8, 4) is 0 Å². The van der Waals surface area contributed by atoms with E-state index >= 15 is 0 Å². The number of nitrogens with two attached hydrogens (primary N) is 1.